The highest BCUT2D eigenvalue weighted by Gasteiger charge is 2.09. The van der Waals surface area contributed by atoms with Crippen molar-refractivity contribution in [3.63, 3.8) is 0 Å². The summed E-state index contributed by atoms with van der Waals surface area (Å²) in [5.41, 5.74) is 2.34. The van der Waals surface area contributed by atoms with Crippen molar-refractivity contribution < 1.29 is 9.53 Å². The van der Waals surface area contributed by atoms with E-state index in [2.05, 4.69) is 55.0 Å². The van der Waals surface area contributed by atoms with Gasteiger partial charge in [0.1, 0.15) is 0 Å². The van der Waals surface area contributed by atoms with E-state index in [1.54, 1.807) is 12.4 Å². The fourth-order valence-electron chi connectivity index (χ4n) is 3.55. The number of benzene rings is 1. The molecule has 0 radical (unpaired) electrons. The molecule has 0 fully saturated rings. The topological polar surface area (TPSA) is 52.1 Å². The summed E-state index contributed by atoms with van der Waals surface area (Å²) in [4.78, 5) is 20.7. The van der Waals surface area contributed by atoms with E-state index in [4.69, 9.17) is 4.74 Å². The highest BCUT2D eigenvalue weighted by Crippen LogP contribution is 2.19. The van der Waals surface area contributed by atoms with Crippen molar-refractivity contribution in [1.82, 2.24) is 9.97 Å². The Morgan fingerprint density at radius 3 is 2.13 bits per heavy atom. The van der Waals surface area contributed by atoms with Crippen LogP contribution in [0.1, 0.15) is 97.0 Å². The first-order valence-corrected chi connectivity index (χ1v) is 12.2. The van der Waals surface area contributed by atoms with Crippen LogP contribution in [0.3, 0.4) is 0 Å². The lowest BCUT2D eigenvalue weighted by atomic mass is 10.0. The number of rotatable bonds is 15. The van der Waals surface area contributed by atoms with Gasteiger partial charge >= 0.3 is 5.97 Å². The molecule has 0 aliphatic heterocycles. The third kappa shape index (κ3) is 10.1. The predicted octanol–water partition coefficient (Wildman–Crippen LogP) is 7.56. The first-order chi connectivity index (χ1) is 15.1. The maximum Gasteiger partial charge on any atom is 0.311 e. The molecule has 2 rings (SSSR count). The third-order valence-electron chi connectivity index (χ3n) is 5.93. The van der Waals surface area contributed by atoms with Gasteiger partial charge in [-0.25, -0.2) is 9.97 Å². The molecule has 1 heterocycles. The summed E-state index contributed by atoms with van der Waals surface area (Å²) in [6, 6.07) is 8.49. The number of carbonyl (C=O) groups excluding carboxylic acids is 1. The minimum Gasteiger partial charge on any atom is -0.423 e. The Morgan fingerprint density at radius 1 is 0.903 bits per heavy atom. The van der Waals surface area contributed by atoms with Crippen molar-refractivity contribution in [2.24, 2.45) is 5.92 Å². The van der Waals surface area contributed by atoms with Crippen LogP contribution in [0.4, 0.5) is 0 Å². The molecular formula is C27H40N2O2. The molecular weight excluding hydrogens is 384 g/mol. The largest absolute Gasteiger partial charge is 0.423 e. The summed E-state index contributed by atoms with van der Waals surface area (Å²) < 4.78 is 5.35. The number of unbranched alkanes of at least 4 members (excludes halogenated alkanes) is 7. The maximum absolute atomic E-state index is 11.9. The molecule has 2 aromatic rings. The van der Waals surface area contributed by atoms with Crippen molar-refractivity contribution in [2.75, 3.05) is 0 Å². The van der Waals surface area contributed by atoms with Gasteiger partial charge in [-0.05, 0) is 30.7 Å². The fraction of sp³-hybridized carbons (Fsp3) is 0.593. The van der Waals surface area contributed by atoms with Crippen LogP contribution in [0.25, 0.3) is 11.4 Å². The zero-order valence-electron chi connectivity index (χ0n) is 19.7. The van der Waals surface area contributed by atoms with E-state index in [9.17, 15) is 4.79 Å². The first-order valence-electron chi connectivity index (χ1n) is 12.2. The summed E-state index contributed by atoms with van der Waals surface area (Å²) in [5.74, 6) is 1.37. The molecule has 4 nitrogen and oxygen atoms in total. The second kappa shape index (κ2) is 14.7. The molecule has 1 atom stereocenters. The van der Waals surface area contributed by atoms with Crippen LogP contribution in [0.15, 0.2) is 36.7 Å². The van der Waals surface area contributed by atoms with E-state index in [-0.39, 0.29) is 5.97 Å². The number of nitrogens with zero attached hydrogens (tertiary/aromatic N) is 2. The molecule has 0 N–H and O–H groups in total. The second-order valence-corrected chi connectivity index (χ2v) is 8.69. The van der Waals surface area contributed by atoms with E-state index >= 15 is 0 Å². The molecule has 4 heteroatoms. The normalized spacial score (nSPS) is 12.0. The molecule has 0 bridgehead atoms. The number of hydrogen-bond donors (Lipinski definition) is 0. The standard InChI is InChI=1S/C27H40N2O2/c1-4-6-7-8-9-10-11-12-13-23-15-17-24(18-16-23)27-28-20-25(21-29-27)31-26(30)19-14-22(3)5-2/h15-18,20-22H,4-14,19H2,1-3H3. The van der Waals surface area contributed by atoms with Crippen LogP contribution in [-0.4, -0.2) is 15.9 Å². The van der Waals surface area contributed by atoms with Gasteiger partial charge in [0.05, 0.1) is 12.4 Å². The molecule has 1 unspecified atom stereocenters. The Kier molecular flexibility index (Phi) is 11.9. The molecule has 0 saturated heterocycles. The first kappa shape index (κ1) is 25.0. The number of esters is 1. The van der Waals surface area contributed by atoms with E-state index in [0.29, 0.717) is 23.9 Å². The van der Waals surface area contributed by atoms with Crippen molar-refractivity contribution in [2.45, 2.75) is 97.8 Å². The predicted molar refractivity (Wildman–Crippen MR) is 128 cm³/mol. The van der Waals surface area contributed by atoms with E-state index in [1.165, 1.54) is 56.9 Å². The van der Waals surface area contributed by atoms with Crippen LogP contribution < -0.4 is 4.74 Å². The molecule has 1 aromatic carbocycles. The van der Waals surface area contributed by atoms with Crippen LogP contribution in [0.2, 0.25) is 0 Å². The van der Waals surface area contributed by atoms with E-state index in [1.807, 2.05) is 0 Å². The lowest BCUT2D eigenvalue weighted by Crippen LogP contribution is -2.10. The van der Waals surface area contributed by atoms with Crippen molar-refractivity contribution >= 4 is 5.97 Å². The van der Waals surface area contributed by atoms with E-state index < -0.39 is 0 Å². The Morgan fingerprint density at radius 2 is 1.52 bits per heavy atom. The zero-order chi connectivity index (χ0) is 22.3. The van der Waals surface area contributed by atoms with Crippen molar-refractivity contribution in [1.29, 1.82) is 0 Å². The van der Waals surface area contributed by atoms with Gasteiger partial charge in [-0.2, -0.15) is 0 Å². The average Bonchev–Trinajstić information content (AvgIpc) is 2.80. The maximum atomic E-state index is 11.9. The van der Waals surface area contributed by atoms with Gasteiger partial charge in [0.25, 0.3) is 0 Å². The Hall–Kier alpha value is -2.23. The quantitative estimate of drug-likeness (QED) is 0.219. The minimum atomic E-state index is -0.220. The minimum absolute atomic E-state index is 0.220. The summed E-state index contributed by atoms with van der Waals surface area (Å²) in [6.07, 6.45) is 17.4. The van der Waals surface area contributed by atoms with Gasteiger partial charge < -0.3 is 4.74 Å². The molecule has 0 saturated carbocycles. The van der Waals surface area contributed by atoms with Crippen molar-refractivity contribution in [3.8, 4) is 17.1 Å². The van der Waals surface area contributed by atoms with Crippen LogP contribution in [0.5, 0.6) is 5.75 Å². The van der Waals surface area contributed by atoms with Gasteiger partial charge in [-0.3, -0.25) is 4.79 Å². The highest BCUT2D eigenvalue weighted by atomic mass is 16.5. The Labute approximate surface area is 188 Å². The summed E-state index contributed by atoms with van der Waals surface area (Å²) >= 11 is 0. The smallest absolute Gasteiger partial charge is 0.311 e. The number of hydrogen-bond acceptors (Lipinski definition) is 4. The van der Waals surface area contributed by atoms with Crippen LogP contribution in [0, 0.1) is 5.92 Å². The zero-order valence-corrected chi connectivity index (χ0v) is 19.7. The SMILES string of the molecule is CCCCCCCCCCc1ccc(-c2ncc(OC(=O)CCC(C)CC)cn2)cc1. The average molecular weight is 425 g/mol. The molecule has 0 aliphatic carbocycles. The van der Waals surface area contributed by atoms with E-state index in [0.717, 1.165) is 24.8 Å². The van der Waals surface area contributed by atoms with Crippen molar-refractivity contribution in [3.05, 3.63) is 42.2 Å². The lowest BCUT2D eigenvalue weighted by Gasteiger charge is -2.08. The monoisotopic (exact) mass is 424 g/mol. The number of aromatic nitrogens is 2. The molecule has 1 aromatic heterocycles. The van der Waals surface area contributed by atoms with Gasteiger partial charge in [0.15, 0.2) is 11.6 Å². The summed E-state index contributed by atoms with van der Waals surface area (Å²) in [7, 11) is 0. The van der Waals surface area contributed by atoms with Gasteiger partial charge in [0.2, 0.25) is 0 Å². The second-order valence-electron chi connectivity index (χ2n) is 8.69. The summed E-state index contributed by atoms with van der Waals surface area (Å²) in [5, 5.41) is 0. The number of carbonyl (C=O) groups is 1. The Balaban J connectivity index is 1.72. The van der Waals surface area contributed by atoms with Gasteiger partial charge in [-0.15, -0.1) is 0 Å². The van der Waals surface area contributed by atoms with Crippen LogP contribution in [-0.2, 0) is 11.2 Å². The molecule has 170 valence electrons. The number of ether oxygens (including phenoxy) is 1. The Bertz CT molecular complexity index is 741. The molecule has 0 amide bonds. The molecule has 0 spiro atoms. The lowest BCUT2D eigenvalue weighted by molar-refractivity contribution is -0.134. The van der Waals surface area contributed by atoms with Gasteiger partial charge in [0, 0.05) is 12.0 Å². The third-order valence-corrected chi connectivity index (χ3v) is 5.93. The van der Waals surface area contributed by atoms with Crippen LogP contribution >= 0.6 is 0 Å². The summed E-state index contributed by atoms with van der Waals surface area (Å²) in [6.45, 7) is 6.54. The molecule has 31 heavy (non-hydrogen) atoms. The number of aryl methyl sites for hydroxylation is 1. The molecule has 0 aliphatic rings. The highest BCUT2D eigenvalue weighted by molar-refractivity contribution is 5.72. The van der Waals surface area contributed by atoms with Gasteiger partial charge in [-0.1, -0.05) is 96.4 Å². The fourth-order valence-corrected chi connectivity index (χ4v) is 3.55.